The van der Waals surface area contributed by atoms with Crippen molar-refractivity contribution in [3.05, 3.63) is 41.5 Å². The van der Waals surface area contributed by atoms with Crippen LogP contribution >= 0.6 is 0 Å². The molecule has 0 radical (unpaired) electrons. The lowest BCUT2D eigenvalue weighted by Gasteiger charge is -2.15. The molecule has 4 heteroatoms. The Morgan fingerprint density at radius 3 is 2.42 bits per heavy atom. The second kappa shape index (κ2) is 5.69. The smallest absolute Gasteiger partial charge is 0.253 e. The van der Waals surface area contributed by atoms with Gasteiger partial charge >= 0.3 is 0 Å². The minimum atomic E-state index is -0.240. The van der Waals surface area contributed by atoms with Gasteiger partial charge in [-0.15, -0.1) is 0 Å². The largest absolute Gasteiger partial charge is 0.496 e. The first-order chi connectivity index (χ1) is 9.15. The Morgan fingerprint density at radius 1 is 1.16 bits per heavy atom. The highest BCUT2D eigenvalue weighted by Gasteiger charge is 2.23. The van der Waals surface area contributed by atoms with Gasteiger partial charge < -0.3 is 4.74 Å². The van der Waals surface area contributed by atoms with E-state index >= 15 is 0 Å². The van der Waals surface area contributed by atoms with Crippen molar-refractivity contribution in [3.8, 4) is 5.75 Å². The summed E-state index contributed by atoms with van der Waals surface area (Å²) in [6.07, 6.45) is 4.17. The summed E-state index contributed by atoms with van der Waals surface area (Å²) in [5.41, 5.74) is 2.24. The second-order valence-electron chi connectivity index (χ2n) is 4.41. The van der Waals surface area contributed by atoms with Crippen LogP contribution in [0.25, 0.3) is 0 Å². The average molecular weight is 259 g/mol. The maximum Gasteiger partial charge on any atom is 0.253 e. The number of hydrogen-bond donors (Lipinski definition) is 0. The number of imide groups is 1. The molecule has 4 nitrogen and oxygen atoms in total. The average Bonchev–Trinajstić information content (AvgIpc) is 2.75. The van der Waals surface area contributed by atoms with Crippen LogP contribution in [0.5, 0.6) is 5.75 Å². The molecule has 0 aromatic heterocycles. The molecule has 0 bridgehead atoms. The van der Waals surface area contributed by atoms with Crippen LogP contribution in [0, 0.1) is 0 Å². The number of rotatable bonds is 5. The maximum absolute atomic E-state index is 11.5. The van der Waals surface area contributed by atoms with E-state index in [0.29, 0.717) is 13.0 Å². The molecule has 1 aliphatic heterocycles. The van der Waals surface area contributed by atoms with Crippen LogP contribution in [-0.4, -0.2) is 30.4 Å². The Balaban J connectivity index is 2.10. The molecule has 0 spiro atoms. The zero-order valence-electron chi connectivity index (χ0n) is 11.2. The number of hydrogen-bond acceptors (Lipinski definition) is 3. The SMILES string of the molecule is CCc1ccc(OC)c(CCN2C(=O)C=CC2=O)c1. The first-order valence-corrected chi connectivity index (χ1v) is 6.35. The standard InChI is InChI=1S/C15H17NO3/c1-3-11-4-5-13(19-2)12(10-11)8-9-16-14(17)6-7-15(16)18/h4-7,10H,3,8-9H2,1-2H3. The van der Waals surface area contributed by atoms with Crippen molar-refractivity contribution in [3.63, 3.8) is 0 Å². The number of methoxy groups -OCH3 is 1. The van der Waals surface area contributed by atoms with Crippen molar-refractivity contribution >= 4 is 11.8 Å². The molecule has 2 amide bonds. The lowest BCUT2D eigenvalue weighted by atomic mass is 10.0. The van der Waals surface area contributed by atoms with E-state index < -0.39 is 0 Å². The summed E-state index contributed by atoms with van der Waals surface area (Å²) in [4.78, 5) is 24.2. The van der Waals surface area contributed by atoms with Gasteiger partial charge in [-0.1, -0.05) is 19.1 Å². The van der Waals surface area contributed by atoms with Gasteiger partial charge in [-0.3, -0.25) is 14.5 Å². The van der Waals surface area contributed by atoms with Gasteiger partial charge in [0, 0.05) is 18.7 Å². The van der Waals surface area contributed by atoms with E-state index in [4.69, 9.17) is 4.74 Å². The summed E-state index contributed by atoms with van der Waals surface area (Å²) in [6.45, 7) is 2.47. The molecule has 0 unspecified atom stereocenters. The molecule has 0 saturated carbocycles. The molecule has 0 atom stereocenters. The van der Waals surface area contributed by atoms with E-state index in [-0.39, 0.29) is 11.8 Å². The van der Waals surface area contributed by atoms with Gasteiger partial charge in [0.2, 0.25) is 0 Å². The van der Waals surface area contributed by atoms with Gasteiger partial charge in [0.1, 0.15) is 5.75 Å². The van der Waals surface area contributed by atoms with Crippen LogP contribution in [0.15, 0.2) is 30.4 Å². The molecule has 0 saturated heterocycles. The van der Waals surface area contributed by atoms with Crippen molar-refractivity contribution in [1.82, 2.24) is 4.90 Å². The van der Waals surface area contributed by atoms with Crippen LogP contribution in [-0.2, 0) is 22.4 Å². The lowest BCUT2D eigenvalue weighted by molar-refractivity contribution is -0.136. The summed E-state index contributed by atoms with van der Waals surface area (Å²) >= 11 is 0. The van der Waals surface area contributed by atoms with Gasteiger partial charge in [-0.25, -0.2) is 0 Å². The van der Waals surface area contributed by atoms with Gasteiger partial charge in [0.15, 0.2) is 0 Å². The van der Waals surface area contributed by atoms with Gasteiger partial charge in [0.05, 0.1) is 7.11 Å². The highest BCUT2D eigenvalue weighted by molar-refractivity contribution is 6.12. The van der Waals surface area contributed by atoms with Crippen LogP contribution in [0.2, 0.25) is 0 Å². The van der Waals surface area contributed by atoms with E-state index in [1.807, 2.05) is 12.1 Å². The summed E-state index contributed by atoms with van der Waals surface area (Å²) in [6, 6.07) is 6.02. The second-order valence-corrected chi connectivity index (χ2v) is 4.41. The van der Waals surface area contributed by atoms with Crippen LogP contribution in [0.1, 0.15) is 18.1 Å². The number of amides is 2. The predicted octanol–water partition coefficient (Wildman–Crippen LogP) is 1.73. The maximum atomic E-state index is 11.5. The molecular formula is C15H17NO3. The molecule has 19 heavy (non-hydrogen) atoms. The van der Waals surface area contributed by atoms with Gasteiger partial charge in [0.25, 0.3) is 11.8 Å². The van der Waals surface area contributed by atoms with Crippen molar-refractivity contribution in [2.24, 2.45) is 0 Å². The third-order valence-electron chi connectivity index (χ3n) is 3.26. The van der Waals surface area contributed by atoms with Crippen molar-refractivity contribution in [2.45, 2.75) is 19.8 Å². The Labute approximate surface area is 112 Å². The molecule has 0 N–H and O–H groups in total. The first-order valence-electron chi connectivity index (χ1n) is 6.35. The van der Waals surface area contributed by atoms with E-state index in [9.17, 15) is 9.59 Å². The topological polar surface area (TPSA) is 46.6 Å². The lowest BCUT2D eigenvalue weighted by Crippen LogP contribution is -2.31. The fourth-order valence-corrected chi connectivity index (χ4v) is 2.13. The van der Waals surface area contributed by atoms with Crippen LogP contribution < -0.4 is 4.74 Å². The summed E-state index contributed by atoms with van der Waals surface area (Å²) in [5.74, 6) is 0.315. The molecular weight excluding hydrogens is 242 g/mol. The Hall–Kier alpha value is -2.10. The summed E-state index contributed by atoms with van der Waals surface area (Å²) < 4.78 is 5.31. The zero-order valence-corrected chi connectivity index (χ0v) is 11.2. The number of aryl methyl sites for hydroxylation is 1. The number of ether oxygens (including phenoxy) is 1. The van der Waals surface area contributed by atoms with Crippen molar-refractivity contribution in [2.75, 3.05) is 13.7 Å². The Bertz CT molecular complexity index is 516. The Morgan fingerprint density at radius 2 is 1.84 bits per heavy atom. The van der Waals surface area contributed by atoms with Crippen molar-refractivity contribution < 1.29 is 14.3 Å². The number of carbonyl (C=O) groups excluding carboxylic acids is 2. The molecule has 1 aromatic carbocycles. The van der Waals surface area contributed by atoms with E-state index in [2.05, 4.69) is 13.0 Å². The fourth-order valence-electron chi connectivity index (χ4n) is 2.13. The predicted molar refractivity (Wildman–Crippen MR) is 71.9 cm³/mol. The minimum Gasteiger partial charge on any atom is -0.496 e. The Kier molecular flexibility index (Phi) is 4.00. The fraction of sp³-hybridized carbons (Fsp3) is 0.333. The third-order valence-corrected chi connectivity index (χ3v) is 3.26. The quantitative estimate of drug-likeness (QED) is 0.756. The molecule has 0 fully saturated rings. The molecule has 0 aliphatic carbocycles. The molecule has 2 rings (SSSR count). The molecule has 100 valence electrons. The normalized spacial score (nSPS) is 14.3. The monoisotopic (exact) mass is 259 g/mol. The minimum absolute atomic E-state index is 0.240. The number of carbonyl (C=O) groups is 2. The summed E-state index contributed by atoms with van der Waals surface area (Å²) in [5, 5.41) is 0. The molecule has 1 aliphatic rings. The summed E-state index contributed by atoms with van der Waals surface area (Å²) in [7, 11) is 1.62. The third kappa shape index (κ3) is 2.84. The number of benzene rings is 1. The molecule has 1 heterocycles. The zero-order chi connectivity index (χ0) is 13.8. The first kappa shape index (κ1) is 13.3. The van der Waals surface area contributed by atoms with Crippen LogP contribution in [0.4, 0.5) is 0 Å². The van der Waals surface area contributed by atoms with E-state index in [1.165, 1.54) is 22.6 Å². The molecule has 1 aromatic rings. The van der Waals surface area contributed by atoms with Gasteiger partial charge in [-0.05, 0) is 30.0 Å². The number of nitrogens with zero attached hydrogens (tertiary/aromatic N) is 1. The van der Waals surface area contributed by atoms with Crippen molar-refractivity contribution in [1.29, 1.82) is 0 Å². The van der Waals surface area contributed by atoms with E-state index in [0.717, 1.165) is 17.7 Å². The van der Waals surface area contributed by atoms with E-state index in [1.54, 1.807) is 7.11 Å². The van der Waals surface area contributed by atoms with Gasteiger partial charge in [-0.2, -0.15) is 0 Å². The van der Waals surface area contributed by atoms with Crippen LogP contribution in [0.3, 0.4) is 0 Å². The highest BCUT2D eigenvalue weighted by atomic mass is 16.5. The highest BCUT2D eigenvalue weighted by Crippen LogP contribution is 2.21.